The maximum Gasteiger partial charge on any atom is 0.405 e. The lowest BCUT2D eigenvalue weighted by molar-refractivity contribution is -0.119. The minimum Gasteiger partial charge on any atom is -0.396 e. The predicted octanol–water partition coefficient (Wildman–Crippen LogP) is 2.15. The smallest absolute Gasteiger partial charge is 0.396 e. The Morgan fingerprint density at radius 2 is 2.06 bits per heavy atom. The van der Waals surface area contributed by atoms with Crippen molar-refractivity contribution in [3.63, 3.8) is 0 Å². The zero-order valence-corrected chi connectivity index (χ0v) is 11.3. The Kier molecular flexibility index (Phi) is 4.38. The largest absolute Gasteiger partial charge is 0.405 e. The Morgan fingerprint density at radius 1 is 1.50 bits per heavy atom. The Labute approximate surface area is 110 Å². The van der Waals surface area contributed by atoms with Crippen molar-refractivity contribution in [3.8, 4) is 0 Å². The molecule has 0 aliphatic rings. The zero-order chi connectivity index (χ0) is 14.1. The lowest BCUT2D eigenvalue weighted by atomic mass is 10.3. The molecule has 0 atom stereocenters. The number of thiophene rings is 1. The van der Waals surface area contributed by atoms with E-state index in [-0.39, 0.29) is 10.6 Å². The van der Waals surface area contributed by atoms with Crippen LogP contribution in [0.1, 0.15) is 9.67 Å². The summed E-state index contributed by atoms with van der Waals surface area (Å²) in [5.74, 6) is -0.737. The van der Waals surface area contributed by atoms with Crippen molar-refractivity contribution < 1.29 is 18.0 Å². The van der Waals surface area contributed by atoms with Crippen LogP contribution in [0.3, 0.4) is 0 Å². The number of hydrogen-bond donors (Lipinski definition) is 2. The van der Waals surface area contributed by atoms with E-state index in [9.17, 15) is 18.0 Å². The van der Waals surface area contributed by atoms with Crippen LogP contribution in [0.4, 0.5) is 23.9 Å². The molecule has 4 N–H and O–H groups in total. The summed E-state index contributed by atoms with van der Waals surface area (Å²) >= 11 is 2.06. The summed E-state index contributed by atoms with van der Waals surface area (Å²) in [5.41, 5.74) is 11.0. The number of halogens is 3. The Morgan fingerprint density at radius 3 is 2.44 bits per heavy atom. The van der Waals surface area contributed by atoms with Crippen molar-refractivity contribution in [1.82, 2.24) is 0 Å². The highest BCUT2D eigenvalue weighted by atomic mass is 32.2. The summed E-state index contributed by atoms with van der Waals surface area (Å²) in [6, 6.07) is 0. The van der Waals surface area contributed by atoms with Crippen molar-refractivity contribution >= 4 is 39.7 Å². The van der Waals surface area contributed by atoms with Gasteiger partial charge < -0.3 is 16.4 Å². The second-order valence-corrected chi connectivity index (χ2v) is 5.33. The number of alkyl halides is 3. The molecule has 1 heterocycles. The number of hydrogen-bond acceptors (Lipinski definition) is 5. The third-order valence-corrected chi connectivity index (χ3v) is 4.36. The molecule has 0 bridgehead atoms. The third-order valence-electron chi connectivity index (χ3n) is 2.07. The van der Waals surface area contributed by atoms with E-state index < -0.39 is 18.6 Å². The van der Waals surface area contributed by atoms with Crippen LogP contribution in [0.15, 0.2) is 4.90 Å². The normalized spacial score (nSPS) is 11.6. The van der Waals surface area contributed by atoms with Crippen LogP contribution in [-0.2, 0) is 0 Å². The average molecular weight is 299 g/mol. The molecular formula is C9H12F3N3OS2. The SMILES string of the molecule is CSc1c(N(C)CC(F)(F)F)sc(C(N)=O)c1N. The first-order valence-corrected chi connectivity index (χ1v) is 6.75. The van der Waals surface area contributed by atoms with Gasteiger partial charge in [0.25, 0.3) is 5.91 Å². The fraction of sp³-hybridized carbons (Fsp3) is 0.444. The molecule has 1 aromatic heterocycles. The number of primary amides is 1. The molecule has 1 aromatic rings. The fourth-order valence-corrected chi connectivity index (χ4v) is 3.41. The Balaban J connectivity index is 3.16. The number of carbonyl (C=O) groups is 1. The topological polar surface area (TPSA) is 72.3 Å². The number of rotatable bonds is 4. The van der Waals surface area contributed by atoms with Gasteiger partial charge in [0, 0.05) is 7.05 Å². The quantitative estimate of drug-likeness (QED) is 0.836. The first-order chi connectivity index (χ1) is 8.17. The Bertz CT molecular complexity index is 459. The van der Waals surface area contributed by atoms with Crippen molar-refractivity contribution in [2.75, 3.05) is 30.5 Å². The molecule has 0 radical (unpaired) electrons. The van der Waals surface area contributed by atoms with Crippen LogP contribution in [0.5, 0.6) is 0 Å². The first-order valence-electron chi connectivity index (χ1n) is 4.71. The van der Waals surface area contributed by atoms with Gasteiger partial charge in [-0.15, -0.1) is 23.1 Å². The number of amides is 1. The molecule has 9 heteroatoms. The number of carbonyl (C=O) groups excluding carboxylic acids is 1. The molecule has 0 unspecified atom stereocenters. The summed E-state index contributed by atoms with van der Waals surface area (Å²) in [5, 5.41) is 0.297. The van der Waals surface area contributed by atoms with E-state index in [0.29, 0.717) is 9.90 Å². The molecule has 102 valence electrons. The minimum absolute atomic E-state index is 0.0865. The molecule has 0 aliphatic carbocycles. The van der Waals surface area contributed by atoms with Gasteiger partial charge in [-0.1, -0.05) is 0 Å². The van der Waals surface area contributed by atoms with Crippen LogP contribution in [-0.4, -0.2) is 31.9 Å². The highest BCUT2D eigenvalue weighted by Crippen LogP contribution is 2.43. The van der Waals surface area contributed by atoms with E-state index >= 15 is 0 Å². The monoisotopic (exact) mass is 299 g/mol. The van der Waals surface area contributed by atoms with E-state index in [1.165, 1.54) is 18.8 Å². The summed E-state index contributed by atoms with van der Waals surface area (Å²) in [6.45, 7) is -1.11. The highest BCUT2D eigenvalue weighted by Gasteiger charge is 2.32. The van der Waals surface area contributed by atoms with Gasteiger partial charge in [-0.3, -0.25) is 4.79 Å². The zero-order valence-electron chi connectivity index (χ0n) is 9.67. The average Bonchev–Trinajstić information content (AvgIpc) is 2.52. The van der Waals surface area contributed by atoms with E-state index in [1.807, 2.05) is 0 Å². The molecule has 1 rings (SSSR count). The summed E-state index contributed by atoms with van der Waals surface area (Å²) in [4.78, 5) is 12.7. The second kappa shape index (κ2) is 5.27. The number of nitrogen functional groups attached to an aromatic ring is 1. The maximum absolute atomic E-state index is 12.3. The van der Waals surface area contributed by atoms with E-state index in [1.54, 1.807) is 6.26 Å². The lowest BCUT2D eigenvalue weighted by Gasteiger charge is -2.20. The van der Waals surface area contributed by atoms with Gasteiger partial charge in [0.1, 0.15) is 16.4 Å². The molecule has 0 saturated carbocycles. The summed E-state index contributed by atoms with van der Waals surface area (Å²) < 4.78 is 37.0. The molecular weight excluding hydrogens is 287 g/mol. The third kappa shape index (κ3) is 3.22. The Hall–Kier alpha value is -1.09. The lowest BCUT2D eigenvalue weighted by Crippen LogP contribution is -2.30. The van der Waals surface area contributed by atoms with Crippen molar-refractivity contribution in [1.29, 1.82) is 0 Å². The highest BCUT2D eigenvalue weighted by molar-refractivity contribution is 7.99. The predicted molar refractivity (Wildman–Crippen MR) is 68.4 cm³/mol. The van der Waals surface area contributed by atoms with Gasteiger partial charge in [-0.05, 0) is 6.26 Å². The minimum atomic E-state index is -4.32. The number of thioether (sulfide) groups is 1. The van der Waals surface area contributed by atoms with Gasteiger partial charge >= 0.3 is 6.18 Å². The molecule has 0 spiro atoms. The van der Waals surface area contributed by atoms with Gasteiger partial charge in [0.05, 0.1) is 10.6 Å². The second-order valence-electron chi connectivity index (χ2n) is 3.52. The van der Waals surface area contributed by atoms with Gasteiger partial charge in [0.15, 0.2) is 0 Å². The van der Waals surface area contributed by atoms with E-state index in [2.05, 4.69) is 0 Å². The van der Waals surface area contributed by atoms with Crippen LogP contribution >= 0.6 is 23.1 Å². The molecule has 18 heavy (non-hydrogen) atoms. The van der Waals surface area contributed by atoms with Gasteiger partial charge in [0.2, 0.25) is 0 Å². The number of nitrogens with two attached hydrogens (primary N) is 2. The summed E-state index contributed by atoms with van der Waals surface area (Å²) in [6.07, 6.45) is -2.65. The van der Waals surface area contributed by atoms with Crippen LogP contribution in [0.2, 0.25) is 0 Å². The molecule has 0 aliphatic heterocycles. The van der Waals surface area contributed by atoms with E-state index in [4.69, 9.17) is 11.5 Å². The van der Waals surface area contributed by atoms with Crippen LogP contribution in [0.25, 0.3) is 0 Å². The number of anilines is 2. The van der Waals surface area contributed by atoms with E-state index in [0.717, 1.165) is 16.2 Å². The van der Waals surface area contributed by atoms with Crippen LogP contribution in [0, 0.1) is 0 Å². The van der Waals surface area contributed by atoms with Crippen molar-refractivity contribution in [3.05, 3.63) is 4.88 Å². The molecule has 0 fully saturated rings. The maximum atomic E-state index is 12.3. The summed E-state index contributed by atoms with van der Waals surface area (Å²) in [7, 11) is 1.29. The van der Waals surface area contributed by atoms with Crippen LogP contribution < -0.4 is 16.4 Å². The molecule has 1 amide bonds. The van der Waals surface area contributed by atoms with Gasteiger partial charge in [-0.2, -0.15) is 13.2 Å². The standard InChI is InChI=1S/C9H12F3N3OS2/c1-15(3-9(10,11)12)8-6(17-2)4(13)5(18-8)7(14)16/h3,13H2,1-2H3,(H2,14,16). The molecule has 0 aromatic carbocycles. The first kappa shape index (κ1) is 15.0. The molecule has 4 nitrogen and oxygen atoms in total. The number of nitrogens with zero attached hydrogens (tertiary/aromatic N) is 1. The van der Waals surface area contributed by atoms with Crippen molar-refractivity contribution in [2.45, 2.75) is 11.1 Å². The van der Waals surface area contributed by atoms with Crippen molar-refractivity contribution in [2.24, 2.45) is 5.73 Å². The fourth-order valence-electron chi connectivity index (χ4n) is 1.39. The molecule has 0 saturated heterocycles. The van der Waals surface area contributed by atoms with Gasteiger partial charge in [-0.25, -0.2) is 0 Å².